The summed E-state index contributed by atoms with van der Waals surface area (Å²) in [4.78, 5) is 38.9. The minimum Gasteiger partial charge on any atom is -0.340 e. The monoisotopic (exact) mass is 1840 g/mol. The second-order valence-corrected chi connectivity index (χ2v) is 27.5. The Balaban J connectivity index is 0.000000134. The quantitative estimate of drug-likeness (QED) is 0.0880. The number of rotatable bonds is 12. The molecular formula is C106H72Ir2N8-. The van der Waals surface area contributed by atoms with Crippen LogP contribution in [0.3, 0.4) is 0 Å². The predicted octanol–water partition coefficient (Wildman–Crippen LogP) is 26.3. The summed E-state index contributed by atoms with van der Waals surface area (Å²) < 4.78 is 0. The van der Waals surface area contributed by atoms with Crippen LogP contribution in [0.5, 0.6) is 0 Å². The summed E-state index contributed by atoms with van der Waals surface area (Å²) in [6.07, 6.45) is 3.73. The van der Waals surface area contributed by atoms with Crippen molar-refractivity contribution in [3.05, 3.63) is 436 Å². The summed E-state index contributed by atoms with van der Waals surface area (Å²) in [7, 11) is 0. The number of aromatic nitrogens is 8. The van der Waals surface area contributed by atoms with Crippen molar-refractivity contribution in [2.45, 2.75) is 13.8 Å². The Morgan fingerprint density at radius 3 is 1.11 bits per heavy atom. The summed E-state index contributed by atoms with van der Waals surface area (Å²) in [5, 5.41) is 7.01. The number of nitrogens with zero attached hydrogens (tertiary/aromatic N) is 8. The number of aryl methyl sites for hydroxylation is 2. The van der Waals surface area contributed by atoms with E-state index in [2.05, 4.69) is 241 Å². The van der Waals surface area contributed by atoms with E-state index >= 15 is 0 Å². The Kier molecular flexibility index (Phi) is 24.6. The van der Waals surface area contributed by atoms with Crippen LogP contribution >= 0.6 is 0 Å². The smallest absolute Gasteiger partial charge is 0.340 e. The van der Waals surface area contributed by atoms with Crippen LogP contribution < -0.4 is 0 Å². The molecule has 10 heteroatoms. The Labute approximate surface area is 702 Å². The molecular weight excluding hydrogens is 1770 g/mol. The molecule has 1 radical (unpaired) electrons. The van der Waals surface area contributed by atoms with Crippen molar-refractivity contribution in [3.8, 4) is 135 Å². The molecule has 0 aliphatic heterocycles. The van der Waals surface area contributed by atoms with E-state index in [1.807, 2.05) is 201 Å². The first-order valence-corrected chi connectivity index (χ1v) is 37.9. The molecule has 20 aromatic rings. The van der Waals surface area contributed by atoms with Crippen molar-refractivity contribution in [3.63, 3.8) is 0 Å². The normalized spacial score (nSPS) is 10.7. The molecule has 0 amide bonds. The fourth-order valence-corrected chi connectivity index (χ4v) is 14.2. The standard InChI is InChI=1S/C44H28N2.C33H22N4.C18H14N.C11H8N.2Ir/c1-3-13-31(14-4-1)39-27-41(35-21-19-29-11-7-9-17-33(29)25-35)45-43-37(39)23-24-38-40(32-15-5-2-6-16-32)28-42(46-44(38)43)36-22-20-30-12-8-10-18-34(30)26-36;1-23-29(24-12-5-2-6-13-24)20-21-30(34-23)27-18-11-19-28(22-27)33-36-31(25-14-7-3-8-15-25)35-32(37-33)26-16-9-4-10-17-26;1-14-12-18(16-10-6-3-7-11-16)19-13-17(14)15-8-4-2-5-9-15;1-2-6-10(7-3-1)11-8-4-5-9-12-11;;/h1-28H;2-17,19-20,22H,1H3;2-10,12-13H,1H3;1-6,8-9H;;/q;-2;2*-1;;+3. The van der Waals surface area contributed by atoms with Crippen LogP contribution in [0, 0.1) is 38.1 Å². The Morgan fingerprint density at radius 2 is 0.664 bits per heavy atom. The van der Waals surface area contributed by atoms with Gasteiger partial charge in [-0.2, -0.15) is 18.2 Å². The molecule has 0 unspecified atom stereocenters. The fourth-order valence-electron chi connectivity index (χ4n) is 14.2. The van der Waals surface area contributed by atoms with Gasteiger partial charge >= 0.3 is 20.1 Å². The Bertz CT molecular complexity index is 6440. The van der Waals surface area contributed by atoms with E-state index in [1.54, 1.807) is 6.20 Å². The van der Waals surface area contributed by atoms with E-state index in [0.717, 1.165) is 134 Å². The van der Waals surface area contributed by atoms with Gasteiger partial charge in [-0.05, 0) is 116 Å². The van der Waals surface area contributed by atoms with Gasteiger partial charge in [0.2, 0.25) is 0 Å². The number of hydrogen-bond donors (Lipinski definition) is 0. The second kappa shape index (κ2) is 36.8. The minimum atomic E-state index is 0. The first kappa shape index (κ1) is 77.5. The maximum Gasteiger partial charge on any atom is 3.00 e. The minimum absolute atomic E-state index is 0. The number of hydrogen-bond acceptors (Lipinski definition) is 8. The molecule has 0 aliphatic rings. The van der Waals surface area contributed by atoms with Crippen LogP contribution in [0.2, 0.25) is 0 Å². The topological polar surface area (TPSA) is 103 Å². The molecule has 6 heterocycles. The Hall–Kier alpha value is -13.8. The van der Waals surface area contributed by atoms with Crippen LogP contribution in [-0.4, -0.2) is 39.9 Å². The summed E-state index contributed by atoms with van der Waals surface area (Å²) >= 11 is 0. The van der Waals surface area contributed by atoms with Crippen LogP contribution in [0.25, 0.3) is 178 Å². The van der Waals surface area contributed by atoms with E-state index < -0.39 is 0 Å². The third-order valence-electron chi connectivity index (χ3n) is 20.0. The van der Waals surface area contributed by atoms with Crippen molar-refractivity contribution in [2.24, 2.45) is 0 Å². The summed E-state index contributed by atoms with van der Waals surface area (Å²) in [6, 6.07) is 145. The average molecular weight is 1840 g/mol. The predicted molar refractivity (Wildman–Crippen MR) is 468 cm³/mol. The Morgan fingerprint density at radius 1 is 0.250 bits per heavy atom. The van der Waals surface area contributed by atoms with Gasteiger partial charge in [0.05, 0.1) is 22.4 Å². The van der Waals surface area contributed by atoms with Crippen LogP contribution in [0.1, 0.15) is 11.3 Å². The molecule has 14 aromatic carbocycles. The zero-order valence-corrected chi connectivity index (χ0v) is 68.1. The second-order valence-electron chi connectivity index (χ2n) is 27.5. The maximum atomic E-state index is 5.42. The molecule has 6 aromatic heterocycles. The van der Waals surface area contributed by atoms with Crippen molar-refractivity contribution < 1.29 is 40.2 Å². The van der Waals surface area contributed by atoms with Gasteiger partial charge in [0.1, 0.15) is 5.82 Å². The third kappa shape index (κ3) is 17.8. The SMILES string of the molecule is Cc1cc(-c2[c-]cccc2)ncc1-c1ccccc1.Cc1nc(-c2[c-]ccc(-c3nc(-c4ccccc4)nc(-c4ccccc4)n3)c2)[c-]cc1-c1ccccc1.[Ir+3].[Ir].[c-]1ccccc1-c1ccccn1.c1ccc(-c2cc(-c3ccc4ccccc4c3)nc3c2ccc2c(-c4ccccc4)cc(-c4ccc5ccccc5c4)nc23)cc1. The molecule has 0 saturated carbocycles. The van der Waals surface area contributed by atoms with Crippen LogP contribution in [0.15, 0.2) is 401 Å². The number of pyridine rings is 5. The molecule has 0 bridgehead atoms. The van der Waals surface area contributed by atoms with Gasteiger partial charge in [-0.1, -0.05) is 302 Å². The van der Waals surface area contributed by atoms with Gasteiger partial charge in [-0.15, -0.1) is 83.6 Å². The number of fused-ring (bicyclic) bond motifs is 5. The van der Waals surface area contributed by atoms with Gasteiger partial charge in [-0.25, -0.2) is 42.6 Å². The van der Waals surface area contributed by atoms with Gasteiger partial charge < -0.3 is 15.0 Å². The van der Waals surface area contributed by atoms with Gasteiger partial charge in [0, 0.05) is 71.1 Å². The van der Waals surface area contributed by atoms with Gasteiger partial charge in [0.15, 0.2) is 11.6 Å². The molecule has 20 rings (SSSR count). The van der Waals surface area contributed by atoms with E-state index in [0.29, 0.717) is 17.5 Å². The van der Waals surface area contributed by atoms with Gasteiger partial charge in [0.25, 0.3) is 0 Å². The first-order chi connectivity index (χ1) is 56.3. The first-order valence-electron chi connectivity index (χ1n) is 37.9. The van der Waals surface area contributed by atoms with E-state index in [9.17, 15) is 0 Å². The van der Waals surface area contributed by atoms with E-state index in [-0.39, 0.29) is 40.2 Å². The van der Waals surface area contributed by atoms with E-state index in [4.69, 9.17) is 29.9 Å². The molecule has 0 aliphatic carbocycles. The maximum absolute atomic E-state index is 5.42. The molecule has 0 spiro atoms. The largest absolute Gasteiger partial charge is 3.00 e. The fraction of sp³-hybridized carbons (Fsp3) is 0.0189. The summed E-state index contributed by atoms with van der Waals surface area (Å²) in [5.74, 6) is 1.86. The molecule has 0 N–H and O–H groups in total. The van der Waals surface area contributed by atoms with Crippen molar-refractivity contribution in [1.29, 1.82) is 0 Å². The molecule has 0 atom stereocenters. The average Bonchev–Trinajstić information content (AvgIpc) is 0.736. The molecule has 555 valence electrons. The van der Waals surface area contributed by atoms with Crippen molar-refractivity contribution in [2.75, 3.05) is 0 Å². The molecule has 0 saturated heterocycles. The number of benzene rings is 14. The zero-order valence-electron chi connectivity index (χ0n) is 63.3. The van der Waals surface area contributed by atoms with Crippen LogP contribution in [-0.2, 0) is 40.2 Å². The van der Waals surface area contributed by atoms with Crippen LogP contribution in [0.4, 0.5) is 0 Å². The third-order valence-corrected chi connectivity index (χ3v) is 20.0. The molecule has 0 fully saturated rings. The van der Waals surface area contributed by atoms with Crippen molar-refractivity contribution in [1.82, 2.24) is 39.9 Å². The molecule has 116 heavy (non-hydrogen) atoms. The zero-order chi connectivity index (χ0) is 76.8. The van der Waals surface area contributed by atoms with Crippen molar-refractivity contribution >= 4 is 43.4 Å². The van der Waals surface area contributed by atoms with E-state index in [1.165, 1.54) is 38.2 Å². The summed E-state index contributed by atoms with van der Waals surface area (Å²) in [5.41, 5.74) is 25.5. The summed E-state index contributed by atoms with van der Waals surface area (Å²) in [6.45, 7) is 4.14. The molecule has 8 nitrogen and oxygen atoms in total. The van der Waals surface area contributed by atoms with Gasteiger partial charge in [-0.3, -0.25) is 0 Å².